The van der Waals surface area contributed by atoms with Gasteiger partial charge in [0.2, 0.25) is 0 Å². The Balaban J connectivity index is 1.34. The molecule has 1 saturated heterocycles. The third-order valence-corrected chi connectivity index (χ3v) is 7.89. The Labute approximate surface area is 211 Å². The number of methoxy groups -OCH3 is 2. The maximum Gasteiger partial charge on any atom is 0.153 e. The number of ether oxygens (including phenoxy) is 4. The molecule has 1 aromatic heterocycles. The molecule has 0 spiro atoms. The average Bonchev–Trinajstić information content (AvgIpc) is 3.27. The van der Waals surface area contributed by atoms with Crippen LogP contribution in [0.5, 0.6) is 23.0 Å². The van der Waals surface area contributed by atoms with E-state index >= 15 is 0 Å². The highest BCUT2D eigenvalue weighted by atomic mass is 32.1. The van der Waals surface area contributed by atoms with Gasteiger partial charge in [0.1, 0.15) is 23.9 Å². The van der Waals surface area contributed by atoms with Crippen molar-refractivity contribution >= 4 is 27.0 Å². The van der Waals surface area contributed by atoms with Crippen molar-refractivity contribution < 1.29 is 18.9 Å². The molecule has 0 atom stereocenters. The van der Waals surface area contributed by atoms with Crippen molar-refractivity contribution in [3.8, 4) is 23.0 Å². The number of nitrogens with zero attached hydrogens (tertiary/aromatic N) is 1. The summed E-state index contributed by atoms with van der Waals surface area (Å²) >= 11 is 1.74. The van der Waals surface area contributed by atoms with Crippen LogP contribution in [-0.4, -0.2) is 45.4 Å². The molecular weight excluding hydrogens is 458 g/mol. The first-order valence-corrected chi connectivity index (χ1v) is 13.2. The molecule has 0 radical (unpaired) electrons. The van der Waals surface area contributed by atoms with Crippen LogP contribution in [0, 0.1) is 0 Å². The fraction of sp³-hybridized carbons (Fsp3) is 0.379. The van der Waals surface area contributed by atoms with Crippen LogP contribution in [0.25, 0.3) is 15.7 Å². The Bertz CT molecular complexity index is 1210. The Morgan fingerprint density at radius 1 is 0.829 bits per heavy atom. The molecule has 0 saturated carbocycles. The van der Waals surface area contributed by atoms with Gasteiger partial charge in [-0.3, -0.25) is 4.90 Å². The molecule has 2 heterocycles. The van der Waals surface area contributed by atoms with Crippen molar-refractivity contribution in [3.63, 3.8) is 0 Å². The maximum atomic E-state index is 6.51. The zero-order valence-electron chi connectivity index (χ0n) is 20.5. The number of allylic oxidation sites excluding steroid dienone is 4. The monoisotopic (exact) mass is 491 g/mol. The smallest absolute Gasteiger partial charge is 0.153 e. The van der Waals surface area contributed by atoms with Gasteiger partial charge in [-0.05, 0) is 86.5 Å². The van der Waals surface area contributed by atoms with Crippen LogP contribution >= 0.6 is 11.3 Å². The lowest BCUT2D eigenvalue weighted by molar-refractivity contribution is 0.183. The van der Waals surface area contributed by atoms with Gasteiger partial charge in [-0.2, -0.15) is 0 Å². The van der Waals surface area contributed by atoms with Crippen LogP contribution in [0.2, 0.25) is 0 Å². The molecule has 0 amide bonds. The van der Waals surface area contributed by atoms with E-state index in [0.717, 1.165) is 63.1 Å². The molecule has 0 bridgehead atoms. The molecule has 2 aliphatic rings. The summed E-state index contributed by atoms with van der Waals surface area (Å²) in [4.78, 5) is 3.64. The zero-order valence-corrected chi connectivity index (χ0v) is 21.4. The van der Waals surface area contributed by atoms with E-state index in [1.54, 1.807) is 25.6 Å². The average molecular weight is 492 g/mol. The molecule has 0 N–H and O–H groups in total. The summed E-state index contributed by atoms with van der Waals surface area (Å²) in [6.07, 6.45) is 9.99. The van der Waals surface area contributed by atoms with Crippen LogP contribution in [0.4, 0.5) is 0 Å². The van der Waals surface area contributed by atoms with E-state index in [9.17, 15) is 0 Å². The minimum Gasteiger partial charge on any atom is -0.501 e. The Morgan fingerprint density at radius 2 is 1.60 bits per heavy atom. The van der Waals surface area contributed by atoms with Crippen molar-refractivity contribution in [3.05, 3.63) is 65.3 Å². The fourth-order valence-corrected chi connectivity index (χ4v) is 5.88. The van der Waals surface area contributed by atoms with Crippen molar-refractivity contribution in [2.45, 2.75) is 32.1 Å². The van der Waals surface area contributed by atoms with Gasteiger partial charge in [0.25, 0.3) is 0 Å². The lowest BCUT2D eigenvalue weighted by Crippen LogP contribution is -2.33. The van der Waals surface area contributed by atoms with Crippen molar-refractivity contribution in [1.82, 2.24) is 4.90 Å². The summed E-state index contributed by atoms with van der Waals surface area (Å²) in [5.74, 6) is 4.43. The topological polar surface area (TPSA) is 40.2 Å². The summed E-state index contributed by atoms with van der Waals surface area (Å²) in [6.45, 7) is 4.09. The van der Waals surface area contributed by atoms with E-state index in [1.165, 1.54) is 37.9 Å². The SMILES string of the molecule is COC1=CC=C(c2sc3cc(OC)ccc3c2Oc2ccc(OCCN3CCCCC3)cc2)CC1. The number of benzene rings is 2. The summed E-state index contributed by atoms with van der Waals surface area (Å²) in [6, 6.07) is 14.1. The van der Waals surface area contributed by atoms with Gasteiger partial charge < -0.3 is 18.9 Å². The molecule has 1 fully saturated rings. The minimum atomic E-state index is 0.715. The number of likely N-dealkylation sites (tertiary alicyclic amines) is 1. The van der Waals surface area contributed by atoms with E-state index in [1.807, 2.05) is 30.3 Å². The van der Waals surface area contributed by atoms with E-state index in [-0.39, 0.29) is 0 Å². The first kappa shape index (κ1) is 23.8. The predicted molar refractivity (Wildman–Crippen MR) is 143 cm³/mol. The highest BCUT2D eigenvalue weighted by molar-refractivity contribution is 7.20. The second-order valence-corrected chi connectivity index (χ2v) is 10.0. The fourth-order valence-electron chi connectivity index (χ4n) is 4.67. The van der Waals surface area contributed by atoms with Crippen molar-refractivity contribution in [2.24, 2.45) is 0 Å². The third kappa shape index (κ3) is 5.65. The van der Waals surface area contributed by atoms with Gasteiger partial charge in [0.05, 0.1) is 24.9 Å². The van der Waals surface area contributed by atoms with Gasteiger partial charge >= 0.3 is 0 Å². The highest BCUT2D eigenvalue weighted by Gasteiger charge is 2.20. The first-order valence-electron chi connectivity index (χ1n) is 12.4. The number of hydrogen-bond donors (Lipinski definition) is 0. The maximum absolute atomic E-state index is 6.51. The van der Waals surface area contributed by atoms with Gasteiger partial charge in [-0.1, -0.05) is 12.5 Å². The van der Waals surface area contributed by atoms with Gasteiger partial charge in [-0.25, -0.2) is 0 Å². The van der Waals surface area contributed by atoms with Gasteiger partial charge in [-0.15, -0.1) is 11.3 Å². The largest absolute Gasteiger partial charge is 0.501 e. The van der Waals surface area contributed by atoms with Crippen LogP contribution in [0.3, 0.4) is 0 Å². The number of piperidine rings is 1. The first-order chi connectivity index (χ1) is 17.2. The van der Waals surface area contributed by atoms with Crippen LogP contribution in [0.1, 0.15) is 37.0 Å². The van der Waals surface area contributed by atoms with Gasteiger partial charge in [0, 0.05) is 23.1 Å². The summed E-state index contributed by atoms with van der Waals surface area (Å²) in [5, 5.41) is 1.09. The predicted octanol–water partition coefficient (Wildman–Crippen LogP) is 7.27. The third-order valence-electron chi connectivity index (χ3n) is 6.69. The number of hydrogen-bond acceptors (Lipinski definition) is 6. The van der Waals surface area contributed by atoms with Crippen LogP contribution in [-0.2, 0) is 4.74 Å². The minimum absolute atomic E-state index is 0.715. The molecule has 0 unspecified atom stereocenters. The molecular formula is C29H33NO4S. The normalized spacial score (nSPS) is 16.5. The van der Waals surface area contributed by atoms with E-state index in [2.05, 4.69) is 29.2 Å². The molecule has 1 aliphatic heterocycles. The second-order valence-electron chi connectivity index (χ2n) is 8.98. The number of fused-ring (bicyclic) bond motifs is 1. The quantitative estimate of drug-likeness (QED) is 0.315. The molecule has 5 nitrogen and oxygen atoms in total. The summed E-state index contributed by atoms with van der Waals surface area (Å²) in [7, 11) is 3.43. The van der Waals surface area contributed by atoms with Crippen molar-refractivity contribution in [2.75, 3.05) is 40.5 Å². The molecule has 35 heavy (non-hydrogen) atoms. The van der Waals surface area contributed by atoms with Crippen molar-refractivity contribution in [1.29, 1.82) is 0 Å². The molecule has 3 aromatic rings. The Hall–Kier alpha value is -2.96. The lowest BCUT2D eigenvalue weighted by Gasteiger charge is -2.26. The Kier molecular flexibility index (Phi) is 7.60. The molecule has 5 rings (SSSR count). The van der Waals surface area contributed by atoms with E-state index < -0.39 is 0 Å². The molecule has 2 aromatic carbocycles. The van der Waals surface area contributed by atoms with E-state index in [4.69, 9.17) is 18.9 Å². The van der Waals surface area contributed by atoms with Gasteiger partial charge in [0.15, 0.2) is 5.75 Å². The Morgan fingerprint density at radius 3 is 2.31 bits per heavy atom. The van der Waals surface area contributed by atoms with E-state index in [0.29, 0.717) is 6.61 Å². The highest BCUT2D eigenvalue weighted by Crippen LogP contribution is 2.47. The summed E-state index contributed by atoms with van der Waals surface area (Å²) < 4.78 is 24.5. The molecule has 184 valence electrons. The number of thiophene rings is 1. The van der Waals surface area contributed by atoms with Crippen LogP contribution in [0.15, 0.2) is 60.4 Å². The molecule has 6 heteroatoms. The lowest BCUT2D eigenvalue weighted by atomic mass is 10.0. The summed E-state index contributed by atoms with van der Waals surface area (Å²) in [5.41, 5.74) is 1.26. The number of rotatable bonds is 9. The standard InChI is InChI=1S/C29H33NO4S/c1-31-22-8-6-21(7-9-22)29-28(26-15-14-25(32-2)20-27(26)35-29)34-24-12-10-23(11-13-24)33-19-18-30-16-4-3-5-17-30/h6,8,10-15,20H,3-5,7,9,16-19H2,1-2H3. The van der Waals surface area contributed by atoms with Crippen LogP contribution < -0.4 is 14.2 Å². The zero-order chi connectivity index (χ0) is 24.0. The molecule has 1 aliphatic carbocycles. The second kappa shape index (κ2) is 11.2.